The van der Waals surface area contributed by atoms with E-state index in [2.05, 4.69) is 5.32 Å². The second-order valence-electron chi connectivity index (χ2n) is 7.71. The van der Waals surface area contributed by atoms with Crippen LogP contribution in [0.5, 0.6) is 5.75 Å². The van der Waals surface area contributed by atoms with Gasteiger partial charge in [-0.3, -0.25) is 13.9 Å². The van der Waals surface area contributed by atoms with E-state index in [1.165, 1.54) is 30.2 Å². The van der Waals surface area contributed by atoms with E-state index < -0.39 is 28.5 Å². The Morgan fingerprint density at radius 2 is 1.85 bits per heavy atom. The van der Waals surface area contributed by atoms with Crippen LogP contribution in [0.15, 0.2) is 42.5 Å². The molecule has 1 unspecified atom stereocenters. The van der Waals surface area contributed by atoms with Gasteiger partial charge in [0.15, 0.2) is 0 Å². The van der Waals surface area contributed by atoms with Gasteiger partial charge in [-0.25, -0.2) is 8.42 Å². The second-order valence-corrected chi connectivity index (χ2v) is 10.5. The van der Waals surface area contributed by atoms with Crippen LogP contribution >= 0.6 is 23.2 Å². The Kier molecular flexibility index (Phi) is 10.0. The molecule has 0 radical (unpaired) electrons. The molecular weight excluding hydrogens is 501 g/mol. The average molecular weight is 530 g/mol. The predicted molar refractivity (Wildman–Crippen MR) is 135 cm³/mol. The zero-order chi connectivity index (χ0) is 25.5. The molecule has 0 aliphatic rings. The van der Waals surface area contributed by atoms with Crippen LogP contribution in [0.25, 0.3) is 0 Å². The fourth-order valence-electron chi connectivity index (χ4n) is 3.23. The number of benzene rings is 2. The molecule has 0 aliphatic heterocycles. The Labute approximate surface area is 210 Å². The molecular formula is C23H29Cl2N3O5S. The summed E-state index contributed by atoms with van der Waals surface area (Å²) in [6.45, 7) is 3.53. The van der Waals surface area contributed by atoms with E-state index >= 15 is 0 Å². The number of amides is 2. The molecule has 0 fully saturated rings. The summed E-state index contributed by atoms with van der Waals surface area (Å²) in [6, 6.07) is 10.5. The summed E-state index contributed by atoms with van der Waals surface area (Å²) in [5, 5.41) is 3.46. The topological polar surface area (TPSA) is 96.0 Å². The summed E-state index contributed by atoms with van der Waals surface area (Å²) in [5.41, 5.74) is 0.904. The number of hydrogen-bond donors (Lipinski definition) is 1. The summed E-state index contributed by atoms with van der Waals surface area (Å²) in [4.78, 5) is 27.5. The van der Waals surface area contributed by atoms with Crippen molar-refractivity contribution in [3.8, 4) is 5.75 Å². The average Bonchev–Trinajstić information content (AvgIpc) is 2.78. The third-order valence-electron chi connectivity index (χ3n) is 5.06. The lowest BCUT2D eigenvalue weighted by Crippen LogP contribution is -2.51. The van der Waals surface area contributed by atoms with E-state index in [-0.39, 0.29) is 23.2 Å². The SMILES string of the molecule is CCCNC(=O)C(C)N(Cc1cccc(Cl)c1)C(=O)CN(c1ccc(OC)c(Cl)c1)S(C)(=O)=O. The number of hydrogen-bond acceptors (Lipinski definition) is 5. The molecule has 0 spiro atoms. The number of carbonyl (C=O) groups is 2. The summed E-state index contributed by atoms with van der Waals surface area (Å²) in [5.74, 6) is -0.527. The molecule has 34 heavy (non-hydrogen) atoms. The fraction of sp³-hybridized carbons (Fsp3) is 0.391. The number of nitrogens with one attached hydrogen (secondary N) is 1. The van der Waals surface area contributed by atoms with Crippen molar-refractivity contribution in [3.05, 3.63) is 58.1 Å². The van der Waals surface area contributed by atoms with E-state index in [4.69, 9.17) is 27.9 Å². The van der Waals surface area contributed by atoms with Gasteiger partial charge in [-0.15, -0.1) is 0 Å². The van der Waals surface area contributed by atoms with E-state index in [1.54, 1.807) is 31.2 Å². The maximum absolute atomic E-state index is 13.4. The number of ether oxygens (including phenoxy) is 1. The summed E-state index contributed by atoms with van der Waals surface area (Å²) in [6.07, 6.45) is 1.73. The number of halogens is 2. The van der Waals surface area contributed by atoms with Crippen LogP contribution in [0.2, 0.25) is 10.0 Å². The highest BCUT2D eigenvalue weighted by Gasteiger charge is 2.30. The lowest BCUT2D eigenvalue weighted by atomic mass is 10.1. The van der Waals surface area contributed by atoms with Crippen LogP contribution in [-0.2, 0) is 26.2 Å². The molecule has 0 saturated heterocycles. The Balaban J connectivity index is 2.40. The number of rotatable bonds is 11. The highest BCUT2D eigenvalue weighted by atomic mass is 35.5. The van der Waals surface area contributed by atoms with Crippen molar-refractivity contribution in [2.45, 2.75) is 32.9 Å². The molecule has 186 valence electrons. The van der Waals surface area contributed by atoms with Gasteiger partial charge in [0.05, 0.1) is 24.1 Å². The quantitative estimate of drug-likeness (QED) is 0.478. The van der Waals surface area contributed by atoms with Crippen LogP contribution in [0, 0.1) is 0 Å². The van der Waals surface area contributed by atoms with Crippen LogP contribution < -0.4 is 14.4 Å². The lowest BCUT2D eigenvalue weighted by Gasteiger charge is -2.31. The van der Waals surface area contributed by atoms with Gasteiger partial charge >= 0.3 is 0 Å². The first-order valence-electron chi connectivity index (χ1n) is 10.6. The van der Waals surface area contributed by atoms with Crippen LogP contribution in [0.3, 0.4) is 0 Å². The first-order valence-corrected chi connectivity index (χ1v) is 13.2. The molecule has 0 heterocycles. The number of anilines is 1. The predicted octanol–water partition coefficient (Wildman–Crippen LogP) is 3.71. The molecule has 8 nitrogen and oxygen atoms in total. The molecule has 1 N–H and O–H groups in total. The Morgan fingerprint density at radius 1 is 1.15 bits per heavy atom. The number of carbonyl (C=O) groups excluding carboxylic acids is 2. The van der Waals surface area contributed by atoms with Crippen LogP contribution in [0.1, 0.15) is 25.8 Å². The minimum atomic E-state index is -3.86. The minimum absolute atomic E-state index is 0.0705. The van der Waals surface area contributed by atoms with Gasteiger partial charge in [-0.1, -0.05) is 42.3 Å². The van der Waals surface area contributed by atoms with Crippen molar-refractivity contribution in [2.24, 2.45) is 0 Å². The Morgan fingerprint density at radius 3 is 2.41 bits per heavy atom. The molecule has 0 saturated carbocycles. The maximum atomic E-state index is 13.4. The normalized spacial score (nSPS) is 12.1. The Hall–Kier alpha value is -2.49. The van der Waals surface area contributed by atoms with Crippen molar-refractivity contribution in [2.75, 3.05) is 30.8 Å². The molecule has 2 rings (SSSR count). The third kappa shape index (κ3) is 7.51. The molecule has 11 heteroatoms. The van der Waals surface area contributed by atoms with Gasteiger partial charge in [-0.05, 0) is 49.2 Å². The van der Waals surface area contributed by atoms with E-state index in [1.807, 2.05) is 6.92 Å². The van der Waals surface area contributed by atoms with Crippen molar-refractivity contribution in [1.82, 2.24) is 10.2 Å². The third-order valence-corrected chi connectivity index (χ3v) is 6.73. The molecule has 1 atom stereocenters. The largest absolute Gasteiger partial charge is 0.495 e. The van der Waals surface area contributed by atoms with E-state index in [0.29, 0.717) is 22.9 Å². The fourth-order valence-corrected chi connectivity index (χ4v) is 4.54. The number of sulfonamides is 1. The molecule has 0 aliphatic carbocycles. The lowest BCUT2D eigenvalue weighted by molar-refractivity contribution is -0.139. The molecule has 0 bridgehead atoms. The van der Waals surface area contributed by atoms with E-state index in [9.17, 15) is 18.0 Å². The van der Waals surface area contributed by atoms with Gasteiger partial charge in [0.25, 0.3) is 0 Å². The van der Waals surface area contributed by atoms with Crippen molar-refractivity contribution < 1.29 is 22.7 Å². The van der Waals surface area contributed by atoms with Gasteiger partial charge in [0.1, 0.15) is 18.3 Å². The van der Waals surface area contributed by atoms with Gasteiger partial charge in [0.2, 0.25) is 21.8 Å². The van der Waals surface area contributed by atoms with Gasteiger partial charge in [0, 0.05) is 18.1 Å². The first-order chi connectivity index (χ1) is 16.0. The van der Waals surface area contributed by atoms with Gasteiger partial charge < -0.3 is 15.0 Å². The van der Waals surface area contributed by atoms with Crippen LogP contribution in [-0.4, -0.2) is 57.6 Å². The van der Waals surface area contributed by atoms with Crippen molar-refractivity contribution >= 4 is 50.7 Å². The van der Waals surface area contributed by atoms with Crippen molar-refractivity contribution in [1.29, 1.82) is 0 Å². The zero-order valence-corrected chi connectivity index (χ0v) is 21.9. The molecule has 0 aromatic heterocycles. The summed E-state index contributed by atoms with van der Waals surface area (Å²) in [7, 11) is -2.42. The highest BCUT2D eigenvalue weighted by molar-refractivity contribution is 7.92. The summed E-state index contributed by atoms with van der Waals surface area (Å²) >= 11 is 12.3. The smallest absolute Gasteiger partial charge is 0.244 e. The molecule has 2 aromatic carbocycles. The highest BCUT2D eigenvalue weighted by Crippen LogP contribution is 2.30. The van der Waals surface area contributed by atoms with Crippen molar-refractivity contribution in [3.63, 3.8) is 0 Å². The minimum Gasteiger partial charge on any atom is -0.495 e. The number of nitrogens with zero attached hydrogens (tertiary/aromatic N) is 2. The van der Waals surface area contributed by atoms with Gasteiger partial charge in [-0.2, -0.15) is 0 Å². The maximum Gasteiger partial charge on any atom is 0.244 e. The van der Waals surface area contributed by atoms with Crippen LogP contribution in [0.4, 0.5) is 5.69 Å². The monoisotopic (exact) mass is 529 g/mol. The standard InChI is InChI=1S/C23H29Cl2N3O5S/c1-5-11-26-23(30)16(2)27(14-17-7-6-8-18(24)12-17)22(29)15-28(34(4,31)32)19-9-10-21(33-3)20(25)13-19/h6-10,12-13,16H,5,11,14-15H2,1-4H3,(H,26,30). The summed E-state index contributed by atoms with van der Waals surface area (Å²) < 4.78 is 31.2. The molecule has 2 amide bonds. The zero-order valence-electron chi connectivity index (χ0n) is 19.5. The number of methoxy groups -OCH3 is 1. The Bertz CT molecular complexity index is 1130. The van der Waals surface area contributed by atoms with E-state index in [0.717, 1.165) is 17.0 Å². The second kappa shape index (κ2) is 12.3. The first kappa shape index (κ1) is 27.8. The molecule has 2 aromatic rings.